The number of rotatable bonds is 8. The predicted molar refractivity (Wildman–Crippen MR) is 109 cm³/mol. The van der Waals surface area contributed by atoms with E-state index >= 15 is 0 Å². The smallest absolute Gasteiger partial charge is 0.334 e. The maximum absolute atomic E-state index is 13.1. The second kappa shape index (κ2) is 8.29. The molecule has 1 aromatic rings. The van der Waals surface area contributed by atoms with E-state index in [0.717, 1.165) is 22.9 Å². The molecule has 30 heavy (non-hydrogen) atoms. The lowest BCUT2D eigenvalue weighted by Gasteiger charge is -2.45. The summed E-state index contributed by atoms with van der Waals surface area (Å²) in [6, 6.07) is 10.1. The van der Waals surface area contributed by atoms with Crippen LogP contribution in [0.4, 0.5) is 0 Å². The fourth-order valence-corrected chi connectivity index (χ4v) is 5.13. The van der Waals surface area contributed by atoms with Crippen molar-refractivity contribution in [1.29, 1.82) is 0 Å². The summed E-state index contributed by atoms with van der Waals surface area (Å²) >= 11 is 0. The van der Waals surface area contributed by atoms with E-state index in [4.69, 9.17) is 18.9 Å². The minimum absolute atomic E-state index is 0.0609. The number of benzene rings is 1. The minimum atomic E-state index is -0.664. The summed E-state index contributed by atoms with van der Waals surface area (Å²) in [5.41, 5.74) is 0.778. The molecule has 3 saturated heterocycles. The van der Waals surface area contributed by atoms with Crippen LogP contribution in [-0.4, -0.2) is 80.2 Å². The average Bonchev–Trinajstić information content (AvgIpc) is 3.47. The number of carbonyl (C=O) groups excluding carboxylic acids is 2. The molecule has 0 spiro atoms. The maximum atomic E-state index is 13.1. The Morgan fingerprint density at radius 3 is 2.33 bits per heavy atom. The van der Waals surface area contributed by atoms with Gasteiger partial charge < -0.3 is 23.4 Å². The van der Waals surface area contributed by atoms with Crippen LogP contribution in [0.25, 0.3) is 0 Å². The topological polar surface area (TPSA) is 74.4 Å². The first-order valence-corrected chi connectivity index (χ1v) is 10.8. The monoisotopic (exact) mass is 418 g/mol. The number of hydrogen-bond acceptors (Lipinski definition) is 6. The standard InChI is InChI=1S/C23H32NO6/c1-5-27-14(2)22(25)28-13-17(15-9-7-6-8-10-15)23(26)29-16-11-18-20-21(30-20)19(12-16)24(18,3)4/h6-10,14,16-21H,5,11-13H2,1-4H3/q+1/t14-,16?,17+,18-,19-,20-,21+/m1/s1. The van der Waals surface area contributed by atoms with Gasteiger partial charge >= 0.3 is 11.9 Å². The number of likely N-dealkylation sites (N-methyl/N-ethyl adjacent to an activating group) is 1. The molecule has 4 rings (SSSR count). The van der Waals surface area contributed by atoms with Crippen LogP contribution in [0.2, 0.25) is 0 Å². The van der Waals surface area contributed by atoms with Crippen LogP contribution in [0.5, 0.6) is 0 Å². The molecule has 0 aromatic heterocycles. The lowest BCUT2D eigenvalue weighted by molar-refractivity contribution is -0.938. The summed E-state index contributed by atoms with van der Waals surface area (Å²) in [5, 5.41) is 0. The number of nitrogens with zero attached hydrogens (tertiary/aromatic N) is 1. The molecule has 0 amide bonds. The van der Waals surface area contributed by atoms with Crippen molar-refractivity contribution < 1.29 is 33.0 Å². The normalized spacial score (nSPS) is 32.6. The number of carbonyl (C=O) groups is 2. The Hall–Kier alpha value is -1.96. The molecule has 7 nitrogen and oxygen atoms in total. The molecular formula is C23H32NO6+. The highest BCUT2D eigenvalue weighted by molar-refractivity contribution is 5.80. The Morgan fingerprint density at radius 2 is 1.73 bits per heavy atom. The lowest BCUT2D eigenvalue weighted by atomic mass is 9.95. The van der Waals surface area contributed by atoms with Gasteiger partial charge in [-0.05, 0) is 19.4 Å². The van der Waals surface area contributed by atoms with Gasteiger partial charge in [0.1, 0.15) is 42.9 Å². The van der Waals surface area contributed by atoms with Gasteiger partial charge in [0.15, 0.2) is 6.10 Å². The zero-order valence-electron chi connectivity index (χ0n) is 18.2. The number of quaternary nitrogens is 1. The zero-order chi connectivity index (χ0) is 21.5. The molecule has 3 aliphatic heterocycles. The summed E-state index contributed by atoms with van der Waals surface area (Å²) in [6.45, 7) is 3.83. The van der Waals surface area contributed by atoms with Gasteiger partial charge in [-0.1, -0.05) is 30.3 Å². The molecule has 1 unspecified atom stereocenters. The van der Waals surface area contributed by atoms with Gasteiger partial charge in [0.2, 0.25) is 0 Å². The number of ether oxygens (including phenoxy) is 4. The van der Waals surface area contributed by atoms with Gasteiger partial charge in [-0.2, -0.15) is 0 Å². The van der Waals surface area contributed by atoms with Gasteiger partial charge in [0.25, 0.3) is 0 Å². The van der Waals surface area contributed by atoms with Crippen molar-refractivity contribution in [3.8, 4) is 0 Å². The van der Waals surface area contributed by atoms with E-state index < -0.39 is 18.0 Å². The number of epoxide rings is 1. The van der Waals surface area contributed by atoms with Crippen molar-refractivity contribution in [3.05, 3.63) is 35.9 Å². The van der Waals surface area contributed by atoms with E-state index in [0.29, 0.717) is 30.9 Å². The van der Waals surface area contributed by atoms with Crippen molar-refractivity contribution in [2.75, 3.05) is 27.3 Å². The highest BCUT2D eigenvalue weighted by atomic mass is 16.6. The first-order chi connectivity index (χ1) is 14.3. The minimum Gasteiger partial charge on any atom is -0.462 e. The highest BCUT2D eigenvalue weighted by Crippen LogP contribution is 2.51. The van der Waals surface area contributed by atoms with Gasteiger partial charge in [0.05, 0.1) is 14.1 Å². The van der Waals surface area contributed by atoms with Crippen LogP contribution in [0.3, 0.4) is 0 Å². The van der Waals surface area contributed by atoms with E-state index in [1.807, 2.05) is 37.3 Å². The van der Waals surface area contributed by atoms with Crippen LogP contribution in [0.15, 0.2) is 30.3 Å². The van der Waals surface area contributed by atoms with Crippen LogP contribution >= 0.6 is 0 Å². The third-order valence-corrected chi connectivity index (χ3v) is 6.95. The molecule has 0 N–H and O–H groups in total. The molecule has 3 fully saturated rings. The van der Waals surface area contributed by atoms with E-state index in [9.17, 15) is 9.59 Å². The summed E-state index contributed by atoms with van der Waals surface area (Å²) in [5.74, 6) is -1.47. The van der Waals surface area contributed by atoms with E-state index in [1.165, 1.54) is 0 Å². The summed E-state index contributed by atoms with van der Waals surface area (Å²) in [7, 11) is 4.49. The number of morpholine rings is 1. The lowest BCUT2D eigenvalue weighted by Crippen LogP contribution is -2.60. The van der Waals surface area contributed by atoms with Gasteiger partial charge in [-0.3, -0.25) is 4.79 Å². The Balaban J connectivity index is 1.41. The van der Waals surface area contributed by atoms with Crippen LogP contribution in [0, 0.1) is 0 Å². The van der Waals surface area contributed by atoms with Crippen molar-refractivity contribution in [1.82, 2.24) is 0 Å². The molecule has 7 atom stereocenters. The number of esters is 2. The SMILES string of the molecule is CCO[C@H](C)C(=O)OC[C@H](C(=O)OC1C[C@@H]2[C@@H]3O[C@@H]3[C@@H](C1)[N+]2(C)C)c1ccccc1. The second-order valence-corrected chi connectivity index (χ2v) is 9.05. The van der Waals surface area contributed by atoms with Crippen molar-refractivity contribution in [2.45, 2.75) is 69.1 Å². The second-order valence-electron chi connectivity index (χ2n) is 9.05. The Morgan fingerprint density at radius 1 is 1.10 bits per heavy atom. The summed E-state index contributed by atoms with van der Waals surface area (Å²) in [6.07, 6.45) is 1.43. The molecule has 0 saturated carbocycles. The molecular weight excluding hydrogens is 386 g/mol. The Labute approximate surface area is 177 Å². The van der Waals surface area contributed by atoms with Crippen molar-refractivity contribution >= 4 is 11.9 Å². The van der Waals surface area contributed by atoms with E-state index in [2.05, 4.69) is 14.1 Å². The van der Waals surface area contributed by atoms with E-state index in [1.54, 1.807) is 6.92 Å². The van der Waals surface area contributed by atoms with Gasteiger partial charge in [-0.25, -0.2) is 4.79 Å². The molecule has 0 aliphatic carbocycles. The fraction of sp³-hybridized carbons (Fsp3) is 0.652. The molecule has 1 aromatic carbocycles. The predicted octanol–water partition coefficient (Wildman–Crippen LogP) is 2.04. The Bertz CT molecular complexity index is 761. The Kier molecular flexibility index (Phi) is 5.88. The number of fused-ring (bicyclic) bond motifs is 5. The quantitative estimate of drug-likeness (QED) is 0.365. The van der Waals surface area contributed by atoms with Crippen molar-refractivity contribution in [2.24, 2.45) is 0 Å². The van der Waals surface area contributed by atoms with Crippen LogP contribution in [-0.2, 0) is 28.5 Å². The zero-order valence-corrected chi connectivity index (χ0v) is 18.2. The number of hydrogen-bond donors (Lipinski definition) is 0. The molecule has 2 bridgehead atoms. The molecule has 7 heteroatoms. The molecule has 0 radical (unpaired) electrons. The van der Waals surface area contributed by atoms with Crippen LogP contribution in [0.1, 0.15) is 38.2 Å². The van der Waals surface area contributed by atoms with Crippen LogP contribution < -0.4 is 0 Å². The summed E-state index contributed by atoms with van der Waals surface area (Å²) in [4.78, 5) is 25.3. The van der Waals surface area contributed by atoms with E-state index in [-0.39, 0.29) is 18.7 Å². The first kappa shape index (κ1) is 21.3. The average molecular weight is 419 g/mol. The van der Waals surface area contributed by atoms with Gasteiger partial charge in [0, 0.05) is 19.4 Å². The highest BCUT2D eigenvalue weighted by Gasteiger charge is 2.70. The number of piperidine rings is 1. The maximum Gasteiger partial charge on any atom is 0.334 e. The fourth-order valence-electron chi connectivity index (χ4n) is 5.13. The summed E-state index contributed by atoms with van der Waals surface area (Å²) < 4.78 is 23.4. The van der Waals surface area contributed by atoms with Gasteiger partial charge in [-0.15, -0.1) is 0 Å². The molecule has 164 valence electrons. The molecule has 3 heterocycles. The largest absolute Gasteiger partial charge is 0.462 e. The molecule has 3 aliphatic rings. The van der Waals surface area contributed by atoms with Crippen molar-refractivity contribution in [3.63, 3.8) is 0 Å². The third kappa shape index (κ3) is 3.98. The third-order valence-electron chi connectivity index (χ3n) is 6.95. The first-order valence-electron chi connectivity index (χ1n) is 10.8.